The highest BCUT2D eigenvalue weighted by Gasteiger charge is 2.25. The van der Waals surface area contributed by atoms with E-state index >= 15 is 0 Å². The molecule has 3 aromatic carbocycles. The van der Waals surface area contributed by atoms with Crippen molar-refractivity contribution in [2.24, 2.45) is 5.14 Å². The molecule has 0 atom stereocenters. The van der Waals surface area contributed by atoms with Gasteiger partial charge < -0.3 is 4.42 Å². The van der Waals surface area contributed by atoms with E-state index in [1.54, 1.807) is 6.07 Å². The van der Waals surface area contributed by atoms with Gasteiger partial charge in [-0.1, -0.05) is 42.5 Å². The molecule has 4 aromatic rings. The van der Waals surface area contributed by atoms with E-state index in [2.05, 4.69) is 4.98 Å². The number of rotatable bonds is 5. The predicted molar refractivity (Wildman–Crippen MR) is 108 cm³/mol. The number of nitrogens with two attached hydrogens (primary N) is 1. The minimum Gasteiger partial charge on any atom is -0.440 e. The first-order valence-electron chi connectivity index (χ1n) is 8.94. The molecular weight excluding hydrogens is 410 g/mol. The average Bonchev–Trinajstić information content (AvgIpc) is 3.11. The molecule has 8 heteroatoms. The number of hydrogen-bond acceptors (Lipinski definition) is 4. The van der Waals surface area contributed by atoms with E-state index in [0.29, 0.717) is 6.42 Å². The van der Waals surface area contributed by atoms with Crippen molar-refractivity contribution in [2.75, 3.05) is 0 Å². The summed E-state index contributed by atoms with van der Waals surface area (Å²) in [6.45, 7) is 0. The van der Waals surface area contributed by atoms with Crippen LogP contribution in [0, 0.1) is 11.6 Å². The van der Waals surface area contributed by atoms with Crippen molar-refractivity contribution in [2.45, 2.75) is 11.3 Å². The topological polar surface area (TPSA) is 86.2 Å². The van der Waals surface area contributed by atoms with Crippen LogP contribution in [0.25, 0.3) is 22.6 Å². The van der Waals surface area contributed by atoms with Crippen molar-refractivity contribution in [3.05, 3.63) is 95.9 Å². The third-order valence-corrected chi connectivity index (χ3v) is 5.46. The first-order chi connectivity index (χ1) is 14.3. The Morgan fingerprint density at radius 2 is 1.60 bits per heavy atom. The number of benzene rings is 3. The molecule has 0 spiro atoms. The van der Waals surface area contributed by atoms with Crippen LogP contribution >= 0.6 is 0 Å². The van der Waals surface area contributed by atoms with Crippen LogP contribution in [-0.4, -0.2) is 13.4 Å². The zero-order valence-corrected chi connectivity index (χ0v) is 16.4. The van der Waals surface area contributed by atoms with Gasteiger partial charge >= 0.3 is 0 Å². The predicted octanol–water partition coefficient (Wildman–Crippen LogP) is 4.53. The third kappa shape index (κ3) is 4.00. The van der Waals surface area contributed by atoms with Crippen LogP contribution in [-0.2, 0) is 16.4 Å². The van der Waals surface area contributed by atoms with Gasteiger partial charge in [0, 0.05) is 23.6 Å². The molecule has 2 N–H and O–H groups in total. The zero-order chi connectivity index (χ0) is 21.3. The minimum atomic E-state index is -4.09. The molecule has 0 radical (unpaired) electrons. The number of aromatic nitrogens is 1. The summed E-state index contributed by atoms with van der Waals surface area (Å²) in [6, 6.07) is 18.3. The van der Waals surface area contributed by atoms with Gasteiger partial charge in [0.1, 0.15) is 17.3 Å². The SMILES string of the molecule is NS(=O)(=O)c1ccccc1-c1oc(Cc2ccccc2)nc1-c1ccc(F)cc1F. The third-order valence-electron chi connectivity index (χ3n) is 4.49. The monoisotopic (exact) mass is 426 g/mol. The maximum absolute atomic E-state index is 14.5. The molecule has 152 valence electrons. The van der Waals surface area contributed by atoms with Crippen LogP contribution in [0.15, 0.2) is 82.1 Å². The highest BCUT2D eigenvalue weighted by Crippen LogP contribution is 2.37. The van der Waals surface area contributed by atoms with Crippen molar-refractivity contribution in [1.82, 2.24) is 4.98 Å². The summed E-state index contributed by atoms with van der Waals surface area (Å²) in [5, 5.41) is 5.35. The number of primary sulfonamides is 1. The molecule has 0 saturated carbocycles. The first-order valence-corrected chi connectivity index (χ1v) is 10.5. The highest BCUT2D eigenvalue weighted by molar-refractivity contribution is 7.89. The summed E-state index contributed by atoms with van der Waals surface area (Å²) in [4.78, 5) is 4.22. The summed E-state index contributed by atoms with van der Waals surface area (Å²) < 4.78 is 58.0. The normalized spacial score (nSPS) is 11.6. The molecule has 1 aromatic heterocycles. The fourth-order valence-corrected chi connectivity index (χ4v) is 3.89. The fourth-order valence-electron chi connectivity index (χ4n) is 3.16. The van der Waals surface area contributed by atoms with Crippen molar-refractivity contribution in [1.29, 1.82) is 0 Å². The molecule has 0 unspecified atom stereocenters. The van der Waals surface area contributed by atoms with Crippen molar-refractivity contribution in [3.8, 4) is 22.6 Å². The molecule has 0 amide bonds. The van der Waals surface area contributed by atoms with Gasteiger partial charge in [-0.2, -0.15) is 0 Å². The largest absolute Gasteiger partial charge is 0.440 e. The molecular formula is C22H16F2N2O3S. The van der Waals surface area contributed by atoms with E-state index in [1.807, 2.05) is 30.3 Å². The molecule has 5 nitrogen and oxygen atoms in total. The van der Waals surface area contributed by atoms with Gasteiger partial charge in [0.2, 0.25) is 10.0 Å². The van der Waals surface area contributed by atoms with E-state index in [-0.39, 0.29) is 33.4 Å². The first kappa shape index (κ1) is 19.9. The Bertz CT molecular complexity index is 1320. The molecule has 1 heterocycles. The number of nitrogens with zero attached hydrogens (tertiary/aromatic N) is 1. The van der Waals surface area contributed by atoms with Gasteiger partial charge in [0.05, 0.1) is 4.90 Å². The van der Waals surface area contributed by atoms with E-state index in [4.69, 9.17) is 9.56 Å². The summed E-state index contributed by atoms with van der Waals surface area (Å²) in [6.07, 6.45) is 0.300. The molecule has 30 heavy (non-hydrogen) atoms. The Morgan fingerprint density at radius 3 is 2.30 bits per heavy atom. The number of hydrogen-bond donors (Lipinski definition) is 1. The second-order valence-corrected chi connectivity index (χ2v) is 8.14. The Labute approximate surface area is 171 Å². The maximum Gasteiger partial charge on any atom is 0.238 e. The van der Waals surface area contributed by atoms with Crippen molar-refractivity contribution in [3.63, 3.8) is 0 Å². The lowest BCUT2D eigenvalue weighted by atomic mass is 10.1. The van der Waals surface area contributed by atoms with Crippen molar-refractivity contribution >= 4 is 10.0 Å². The number of sulfonamides is 1. The van der Waals surface area contributed by atoms with E-state index < -0.39 is 21.7 Å². The molecule has 0 aliphatic heterocycles. The van der Waals surface area contributed by atoms with Gasteiger partial charge in [0.25, 0.3) is 0 Å². The van der Waals surface area contributed by atoms with Gasteiger partial charge in [-0.05, 0) is 29.8 Å². The minimum absolute atomic E-state index is 0.0151. The van der Waals surface area contributed by atoms with Crippen molar-refractivity contribution < 1.29 is 21.6 Å². The van der Waals surface area contributed by atoms with Gasteiger partial charge in [0.15, 0.2) is 11.7 Å². The molecule has 0 bridgehead atoms. The summed E-state index contributed by atoms with van der Waals surface area (Å²) >= 11 is 0. The quantitative estimate of drug-likeness (QED) is 0.508. The molecule has 0 aliphatic rings. The zero-order valence-electron chi connectivity index (χ0n) is 15.5. The fraction of sp³-hybridized carbons (Fsp3) is 0.0455. The summed E-state index contributed by atoms with van der Waals surface area (Å²) in [5.41, 5.74) is 1.09. The second kappa shape index (κ2) is 7.81. The molecule has 0 fully saturated rings. The molecule has 0 aliphatic carbocycles. The Hall–Kier alpha value is -3.36. The second-order valence-electron chi connectivity index (χ2n) is 6.61. The summed E-state index contributed by atoms with van der Waals surface area (Å²) in [5.74, 6) is -1.30. The van der Waals surface area contributed by atoms with Crippen LogP contribution in [0.1, 0.15) is 11.5 Å². The lowest BCUT2D eigenvalue weighted by Crippen LogP contribution is -2.13. The van der Waals surface area contributed by atoms with E-state index in [0.717, 1.165) is 17.7 Å². The summed E-state index contributed by atoms with van der Waals surface area (Å²) in [7, 11) is -4.09. The number of halogens is 2. The molecule has 4 rings (SSSR count). The van der Waals surface area contributed by atoms with Gasteiger partial charge in [-0.3, -0.25) is 0 Å². The van der Waals surface area contributed by atoms with E-state index in [1.165, 1.54) is 24.3 Å². The van der Waals surface area contributed by atoms with Gasteiger partial charge in [-0.25, -0.2) is 27.3 Å². The molecule has 0 saturated heterocycles. The lowest BCUT2D eigenvalue weighted by molar-refractivity contribution is 0.517. The standard InChI is InChI=1S/C22H16F2N2O3S/c23-15-10-11-16(18(24)13-15)21-22(17-8-4-5-9-19(17)30(25,27)28)29-20(26-21)12-14-6-2-1-3-7-14/h1-11,13H,12H2,(H2,25,27,28). The van der Waals surface area contributed by atoms with Crippen LogP contribution in [0.2, 0.25) is 0 Å². The number of oxazole rings is 1. The highest BCUT2D eigenvalue weighted by atomic mass is 32.2. The van der Waals surface area contributed by atoms with E-state index in [9.17, 15) is 17.2 Å². The van der Waals surface area contributed by atoms with Crippen LogP contribution in [0.4, 0.5) is 8.78 Å². The smallest absolute Gasteiger partial charge is 0.238 e. The Kier molecular flexibility index (Phi) is 5.19. The van der Waals surface area contributed by atoms with Crippen LogP contribution in [0.5, 0.6) is 0 Å². The average molecular weight is 426 g/mol. The van der Waals surface area contributed by atoms with Crippen LogP contribution < -0.4 is 5.14 Å². The van der Waals surface area contributed by atoms with Crippen LogP contribution in [0.3, 0.4) is 0 Å². The maximum atomic E-state index is 14.5. The lowest BCUT2D eigenvalue weighted by Gasteiger charge is -2.07. The Morgan fingerprint density at radius 1 is 0.900 bits per heavy atom. The Balaban J connectivity index is 1.93. The van der Waals surface area contributed by atoms with Gasteiger partial charge in [-0.15, -0.1) is 0 Å².